The third-order valence-corrected chi connectivity index (χ3v) is 2.91. The predicted octanol–water partition coefficient (Wildman–Crippen LogP) is 2.85. The first-order valence-electron chi connectivity index (χ1n) is 5.54. The van der Waals surface area contributed by atoms with Crippen LogP contribution in [0.4, 0.5) is 0 Å². The number of hydrogen-bond acceptors (Lipinski definition) is 2. The van der Waals surface area contributed by atoms with Gasteiger partial charge in [-0.15, -0.1) is 0 Å². The van der Waals surface area contributed by atoms with Gasteiger partial charge in [0.2, 0.25) is 0 Å². The van der Waals surface area contributed by atoms with E-state index in [1.165, 1.54) is 16.5 Å². The van der Waals surface area contributed by atoms with Gasteiger partial charge < -0.3 is 4.98 Å². The maximum atomic E-state index is 4.29. The van der Waals surface area contributed by atoms with Gasteiger partial charge >= 0.3 is 0 Å². The molecule has 3 heteroatoms. The van der Waals surface area contributed by atoms with Crippen LogP contribution in [0.1, 0.15) is 18.4 Å². The highest BCUT2D eigenvalue weighted by Gasteiger charge is 2.07. The summed E-state index contributed by atoms with van der Waals surface area (Å²) in [5.74, 6) is 0. The Morgan fingerprint density at radius 2 is 2.38 bits per heavy atom. The van der Waals surface area contributed by atoms with Crippen molar-refractivity contribution in [2.24, 2.45) is 4.99 Å². The molecular formula is C13H13N3. The summed E-state index contributed by atoms with van der Waals surface area (Å²) in [6.07, 6.45) is 11.0. The van der Waals surface area contributed by atoms with Gasteiger partial charge in [0.15, 0.2) is 0 Å². The van der Waals surface area contributed by atoms with Crippen molar-refractivity contribution in [3.05, 3.63) is 41.9 Å². The van der Waals surface area contributed by atoms with Gasteiger partial charge in [-0.1, -0.05) is 0 Å². The molecule has 0 aromatic carbocycles. The van der Waals surface area contributed by atoms with Crippen LogP contribution in [0.25, 0.3) is 11.0 Å². The van der Waals surface area contributed by atoms with Gasteiger partial charge in [-0.3, -0.25) is 4.99 Å². The molecule has 3 nitrogen and oxygen atoms in total. The second-order valence-corrected chi connectivity index (χ2v) is 4.05. The summed E-state index contributed by atoms with van der Waals surface area (Å²) in [4.78, 5) is 11.7. The Kier molecular flexibility index (Phi) is 2.29. The first kappa shape index (κ1) is 9.33. The summed E-state index contributed by atoms with van der Waals surface area (Å²) in [7, 11) is 0. The van der Waals surface area contributed by atoms with Crippen LogP contribution in [0.15, 0.2) is 41.3 Å². The maximum Gasteiger partial charge on any atom is 0.137 e. The third kappa shape index (κ3) is 1.65. The lowest BCUT2D eigenvalue weighted by Crippen LogP contribution is -1.94. The van der Waals surface area contributed by atoms with Gasteiger partial charge in [-0.05, 0) is 42.5 Å². The minimum Gasteiger partial charge on any atom is -0.346 e. The van der Waals surface area contributed by atoms with Crippen molar-refractivity contribution in [3.8, 4) is 0 Å². The van der Waals surface area contributed by atoms with E-state index < -0.39 is 0 Å². The first-order valence-corrected chi connectivity index (χ1v) is 5.54. The van der Waals surface area contributed by atoms with Crippen LogP contribution in [0.3, 0.4) is 0 Å². The quantitative estimate of drug-likeness (QED) is 0.815. The average Bonchev–Trinajstić information content (AvgIpc) is 2.74. The molecule has 2 aromatic heterocycles. The molecule has 1 aliphatic heterocycles. The summed E-state index contributed by atoms with van der Waals surface area (Å²) in [5.41, 5.74) is 3.68. The van der Waals surface area contributed by atoms with Gasteiger partial charge in [-0.2, -0.15) is 0 Å². The number of aromatic amines is 1. The molecule has 0 spiro atoms. The summed E-state index contributed by atoms with van der Waals surface area (Å²) in [5, 5.41) is 1.22. The second-order valence-electron chi connectivity index (χ2n) is 4.05. The highest BCUT2D eigenvalue weighted by atomic mass is 14.8. The van der Waals surface area contributed by atoms with E-state index in [0.717, 1.165) is 24.9 Å². The van der Waals surface area contributed by atoms with Crippen molar-refractivity contribution in [2.45, 2.75) is 19.3 Å². The molecule has 0 aliphatic carbocycles. The molecule has 3 rings (SSSR count). The number of aliphatic imine (C=N–C) groups is 1. The normalized spacial score (nSPS) is 15.4. The van der Waals surface area contributed by atoms with Crippen LogP contribution in [-0.2, 0) is 6.42 Å². The van der Waals surface area contributed by atoms with E-state index in [2.05, 4.69) is 27.2 Å². The Bertz CT molecular complexity index is 563. The fraction of sp³-hybridized carbons (Fsp3) is 0.231. The number of rotatable bonds is 2. The van der Waals surface area contributed by atoms with Crippen LogP contribution in [-0.4, -0.2) is 16.2 Å². The van der Waals surface area contributed by atoms with Crippen molar-refractivity contribution < 1.29 is 0 Å². The zero-order chi connectivity index (χ0) is 10.8. The number of fused-ring (bicyclic) bond motifs is 1. The standard InChI is InChI=1S/C13H13N3/c1-3-10(8-14-5-1)7-11-9-16-13-12(11)4-2-6-15-13/h2,4-6,8-9H,1,3,7H2,(H,15,16). The Balaban J connectivity index is 1.94. The lowest BCUT2D eigenvalue weighted by atomic mass is 10.0. The van der Waals surface area contributed by atoms with E-state index in [-0.39, 0.29) is 0 Å². The molecule has 0 unspecified atom stereocenters. The SMILES string of the molecule is C1=NC=C(Cc2c[nH]c3ncccc23)CC1. The van der Waals surface area contributed by atoms with Crippen molar-refractivity contribution >= 4 is 17.2 Å². The molecule has 0 radical (unpaired) electrons. The molecule has 16 heavy (non-hydrogen) atoms. The van der Waals surface area contributed by atoms with Crippen LogP contribution in [0, 0.1) is 0 Å². The first-order chi connectivity index (χ1) is 7.93. The molecular weight excluding hydrogens is 198 g/mol. The Morgan fingerprint density at radius 3 is 3.25 bits per heavy atom. The van der Waals surface area contributed by atoms with Gasteiger partial charge in [0.1, 0.15) is 5.65 Å². The minimum absolute atomic E-state index is 0.970. The van der Waals surface area contributed by atoms with Crippen molar-refractivity contribution in [1.29, 1.82) is 0 Å². The summed E-state index contributed by atoms with van der Waals surface area (Å²) in [6, 6.07) is 4.09. The minimum atomic E-state index is 0.970. The molecule has 0 bridgehead atoms. The van der Waals surface area contributed by atoms with E-state index in [1.54, 1.807) is 0 Å². The van der Waals surface area contributed by atoms with Crippen molar-refractivity contribution in [1.82, 2.24) is 9.97 Å². The molecule has 0 fully saturated rings. The number of pyridine rings is 1. The van der Waals surface area contributed by atoms with Crippen LogP contribution in [0.5, 0.6) is 0 Å². The monoisotopic (exact) mass is 211 g/mol. The molecule has 80 valence electrons. The smallest absolute Gasteiger partial charge is 0.137 e. The van der Waals surface area contributed by atoms with Gasteiger partial charge in [0.05, 0.1) is 0 Å². The highest BCUT2D eigenvalue weighted by molar-refractivity contribution is 5.79. The molecule has 1 N–H and O–H groups in total. The third-order valence-electron chi connectivity index (χ3n) is 2.91. The molecule has 0 saturated heterocycles. The van der Waals surface area contributed by atoms with Crippen molar-refractivity contribution in [3.63, 3.8) is 0 Å². The predicted molar refractivity (Wildman–Crippen MR) is 65.6 cm³/mol. The number of allylic oxidation sites excluding steroid dienone is 1. The van der Waals surface area contributed by atoms with Crippen molar-refractivity contribution in [2.75, 3.05) is 0 Å². The lowest BCUT2D eigenvalue weighted by Gasteiger charge is -2.06. The van der Waals surface area contributed by atoms with E-state index >= 15 is 0 Å². The lowest BCUT2D eigenvalue weighted by molar-refractivity contribution is 0.936. The van der Waals surface area contributed by atoms with Gasteiger partial charge in [0.25, 0.3) is 0 Å². The summed E-state index contributed by atoms with van der Waals surface area (Å²) in [6.45, 7) is 0. The van der Waals surface area contributed by atoms with E-state index in [4.69, 9.17) is 0 Å². The topological polar surface area (TPSA) is 41.0 Å². The Hall–Kier alpha value is -1.90. The maximum absolute atomic E-state index is 4.29. The number of nitrogens with one attached hydrogen (secondary N) is 1. The number of H-pyrrole nitrogens is 1. The number of hydrogen-bond donors (Lipinski definition) is 1. The largest absolute Gasteiger partial charge is 0.346 e. The van der Waals surface area contributed by atoms with E-state index in [0.29, 0.717) is 0 Å². The Labute approximate surface area is 93.9 Å². The fourth-order valence-electron chi connectivity index (χ4n) is 2.08. The molecule has 2 aromatic rings. The molecule has 0 saturated carbocycles. The van der Waals surface area contributed by atoms with Gasteiger partial charge in [0, 0.05) is 30.2 Å². The zero-order valence-electron chi connectivity index (χ0n) is 8.98. The van der Waals surface area contributed by atoms with Crippen LogP contribution >= 0.6 is 0 Å². The summed E-state index contributed by atoms with van der Waals surface area (Å²) >= 11 is 0. The summed E-state index contributed by atoms with van der Waals surface area (Å²) < 4.78 is 0. The average molecular weight is 211 g/mol. The van der Waals surface area contributed by atoms with Crippen LogP contribution < -0.4 is 0 Å². The van der Waals surface area contributed by atoms with Crippen LogP contribution in [0.2, 0.25) is 0 Å². The Morgan fingerprint density at radius 1 is 1.38 bits per heavy atom. The molecule has 1 aliphatic rings. The fourth-order valence-corrected chi connectivity index (χ4v) is 2.08. The second kappa shape index (κ2) is 3.93. The van der Waals surface area contributed by atoms with E-state index in [9.17, 15) is 0 Å². The highest BCUT2D eigenvalue weighted by Crippen LogP contribution is 2.21. The van der Waals surface area contributed by atoms with Gasteiger partial charge in [-0.25, -0.2) is 4.98 Å². The van der Waals surface area contributed by atoms with E-state index in [1.807, 2.05) is 24.7 Å². The zero-order valence-corrected chi connectivity index (χ0v) is 8.98. The molecule has 0 atom stereocenters. The number of aromatic nitrogens is 2. The molecule has 3 heterocycles. The molecule has 0 amide bonds. The number of nitrogens with zero attached hydrogens (tertiary/aromatic N) is 2.